The van der Waals surface area contributed by atoms with Crippen LogP contribution in [0.25, 0.3) is 11.3 Å². The van der Waals surface area contributed by atoms with Crippen LogP contribution in [0.1, 0.15) is 9.75 Å². The van der Waals surface area contributed by atoms with Gasteiger partial charge in [-0.1, -0.05) is 5.16 Å². The molecule has 0 saturated heterocycles. The molecule has 2 aromatic heterocycles. The van der Waals surface area contributed by atoms with Crippen molar-refractivity contribution in [2.45, 2.75) is 18.7 Å². The van der Waals surface area contributed by atoms with Crippen LogP contribution < -0.4 is 4.72 Å². The van der Waals surface area contributed by atoms with Crippen LogP contribution in [-0.2, 0) is 10.0 Å². The average Bonchev–Trinajstić information content (AvgIpc) is 3.08. The van der Waals surface area contributed by atoms with E-state index < -0.39 is 15.8 Å². The van der Waals surface area contributed by atoms with Gasteiger partial charge in [0.05, 0.1) is 11.8 Å². The summed E-state index contributed by atoms with van der Waals surface area (Å²) in [5.41, 5.74) is 0.790. The van der Waals surface area contributed by atoms with Crippen molar-refractivity contribution in [2.75, 3.05) is 4.72 Å². The molecule has 1 aromatic carbocycles. The van der Waals surface area contributed by atoms with Crippen molar-refractivity contribution in [1.29, 1.82) is 0 Å². The summed E-state index contributed by atoms with van der Waals surface area (Å²) in [6.07, 6.45) is 1.46. The van der Waals surface area contributed by atoms with E-state index in [1.165, 1.54) is 41.8 Å². The van der Waals surface area contributed by atoms with Crippen LogP contribution in [0.2, 0.25) is 0 Å². The van der Waals surface area contributed by atoms with Crippen LogP contribution in [0.15, 0.2) is 45.9 Å². The van der Waals surface area contributed by atoms with E-state index in [4.69, 9.17) is 4.52 Å². The maximum absolute atomic E-state index is 13.0. The highest BCUT2D eigenvalue weighted by Gasteiger charge is 2.28. The Hall–Kier alpha value is -2.19. The number of hydrogen-bond donors (Lipinski definition) is 1. The molecule has 0 aliphatic carbocycles. The normalized spacial score (nSPS) is 11.6. The molecule has 120 valence electrons. The lowest BCUT2D eigenvalue weighted by Gasteiger charge is -2.09. The molecule has 2 heterocycles. The van der Waals surface area contributed by atoms with Gasteiger partial charge in [0.25, 0.3) is 10.0 Å². The second-order valence-electron chi connectivity index (χ2n) is 4.91. The Balaban J connectivity index is 2.08. The van der Waals surface area contributed by atoms with Crippen LogP contribution in [-0.4, -0.2) is 13.6 Å². The number of nitrogens with one attached hydrogen (secondary N) is 1. The quantitative estimate of drug-likeness (QED) is 0.771. The van der Waals surface area contributed by atoms with E-state index in [0.717, 1.165) is 4.88 Å². The predicted octanol–water partition coefficient (Wildman–Crippen LogP) is 3.96. The van der Waals surface area contributed by atoms with E-state index in [2.05, 4.69) is 9.88 Å². The van der Waals surface area contributed by atoms with Crippen molar-refractivity contribution >= 4 is 27.0 Å². The van der Waals surface area contributed by atoms with E-state index in [1.807, 2.05) is 6.92 Å². The highest BCUT2D eigenvalue weighted by Crippen LogP contribution is 2.39. The van der Waals surface area contributed by atoms with Gasteiger partial charge >= 0.3 is 0 Å². The van der Waals surface area contributed by atoms with Gasteiger partial charge in [-0.25, -0.2) is 12.8 Å². The number of benzene rings is 1. The molecule has 1 N–H and O–H groups in total. The van der Waals surface area contributed by atoms with Crippen molar-refractivity contribution in [3.8, 4) is 11.3 Å². The van der Waals surface area contributed by atoms with Gasteiger partial charge < -0.3 is 4.52 Å². The fourth-order valence-electron chi connectivity index (χ4n) is 2.34. The zero-order valence-electron chi connectivity index (χ0n) is 12.3. The third kappa shape index (κ3) is 2.99. The molecule has 3 rings (SSSR count). The summed E-state index contributed by atoms with van der Waals surface area (Å²) < 4.78 is 46.1. The van der Waals surface area contributed by atoms with Crippen LogP contribution in [0.3, 0.4) is 0 Å². The molecule has 0 amide bonds. The second kappa shape index (κ2) is 5.78. The van der Waals surface area contributed by atoms with E-state index in [1.54, 1.807) is 13.0 Å². The maximum Gasteiger partial charge on any atom is 0.263 e. The molecule has 5 nitrogen and oxygen atoms in total. The summed E-state index contributed by atoms with van der Waals surface area (Å²) in [6, 6.07) is 6.75. The lowest BCUT2D eigenvalue weighted by atomic mass is 10.2. The summed E-state index contributed by atoms with van der Waals surface area (Å²) in [6.45, 7) is 3.56. The van der Waals surface area contributed by atoms with Gasteiger partial charge in [0.1, 0.15) is 10.7 Å². The molecular weight excluding hydrogens is 339 g/mol. The molecule has 23 heavy (non-hydrogen) atoms. The lowest BCUT2D eigenvalue weighted by Crippen LogP contribution is -2.14. The molecule has 0 saturated carbocycles. The van der Waals surface area contributed by atoms with Crippen LogP contribution in [0, 0.1) is 19.7 Å². The van der Waals surface area contributed by atoms with Gasteiger partial charge in [0.2, 0.25) is 0 Å². The van der Waals surface area contributed by atoms with Gasteiger partial charge in [-0.05, 0) is 38.1 Å². The fraction of sp³-hybridized carbons (Fsp3) is 0.133. The lowest BCUT2D eigenvalue weighted by molar-refractivity contribution is 0.431. The Morgan fingerprint density at radius 3 is 2.43 bits per heavy atom. The average molecular weight is 352 g/mol. The first kappa shape index (κ1) is 15.7. The number of sulfonamides is 1. The van der Waals surface area contributed by atoms with E-state index >= 15 is 0 Å². The first-order chi connectivity index (χ1) is 10.9. The molecule has 0 fully saturated rings. The van der Waals surface area contributed by atoms with Crippen LogP contribution >= 0.6 is 11.3 Å². The highest BCUT2D eigenvalue weighted by atomic mass is 32.2. The molecule has 0 spiro atoms. The molecule has 0 atom stereocenters. The SMILES string of the molecule is Cc1sc(C)c(S(=O)(=O)Nc2ccc(F)cc2)c1-c1ccno1. The zero-order chi connectivity index (χ0) is 16.6. The Labute approximate surface area is 136 Å². The Morgan fingerprint density at radius 2 is 1.83 bits per heavy atom. The number of halogens is 1. The molecule has 0 unspecified atom stereocenters. The monoisotopic (exact) mass is 352 g/mol. The number of thiophene rings is 1. The fourth-order valence-corrected chi connectivity index (χ4v) is 5.27. The molecular formula is C15H13FN2O3S2. The third-order valence-electron chi connectivity index (χ3n) is 3.25. The van der Waals surface area contributed by atoms with Gasteiger partial charge in [0, 0.05) is 21.5 Å². The molecule has 3 aromatic rings. The molecule has 0 bridgehead atoms. The predicted molar refractivity (Wildman–Crippen MR) is 86.5 cm³/mol. The number of anilines is 1. The number of aromatic nitrogens is 1. The Kier molecular flexibility index (Phi) is 3.95. The van der Waals surface area contributed by atoms with Gasteiger partial charge in [0.15, 0.2) is 5.76 Å². The largest absolute Gasteiger partial charge is 0.356 e. The Morgan fingerprint density at radius 1 is 1.13 bits per heavy atom. The molecule has 0 aliphatic rings. The summed E-state index contributed by atoms with van der Waals surface area (Å²) in [4.78, 5) is 1.61. The van der Waals surface area contributed by atoms with Crippen LogP contribution in [0.4, 0.5) is 10.1 Å². The minimum atomic E-state index is -3.84. The van der Waals surface area contributed by atoms with Crippen LogP contribution in [0.5, 0.6) is 0 Å². The van der Waals surface area contributed by atoms with Crippen molar-refractivity contribution in [3.05, 3.63) is 52.1 Å². The van der Waals surface area contributed by atoms with Crippen molar-refractivity contribution < 1.29 is 17.3 Å². The third-order valence-corrected chi connectivity index (χ3v) is 5.96. The van der Waals surface area contributed by atoms with E-state index in [9.17, 15) is 12.8 Å². The minimum absolute atomic E-state index is 0.154. The first-order valence-electron chi connectivity index (χ1n) is 6.68. The topological polar surface area (TPSA) is 72.2 Å². The van der Waals surface area contributed by atoms with Crippen molar-refractivity contribution in [1.82, 2.24) is 5.16 Å². The number of aryl methyl sites for hydroxylation is 2. The number of nitrogens with zero attached hydrogens (tertiary/aromatic N) is 1. The molecule has 0 radical (unpaired) electrons. The zero-order valence-corrected chi connectivity index (χ0v) is 14.0. The van der Waals surface area contributed by atoms with Crippen molar-refractivity contribution in [3.63, 3.8) is 0 Å². The molecule has 8 heteroatoms. The summed E-state index contributed by atoms with van der Waals surface area (Å²) in [5, 5.41) is 3.64. The minimum Gasteiger partial charge on any atom is -0.356 e. The van der Waals surface area contributed by atoms with Crippen molar-refractivity contribution in [2.24, 2.45) is 0 Å². The number of rotatable bonds is 4. The maximum atomic E-state index is 13.0. The van der Waals surface area contributed by atoms with E-state index in [-0.39, 0.29) is 10.6 Å². The van der Waals surface area contributed by atoms with Gasteiger partial charge in [-0.15, -0.1) is 11.3 Å². The summed E-state index contributed by atoms with van der Waals surface area (Å²) in [5.74, 6) is -0.0378. The summed E-state index contributed by atoms with van der Waals surface area (Å²) in [7, 11) is -3.84. The second-order valence-corrected chi connectivity index (χ2v) is 7.96. The Bertz CT molecular complexity index is 930. The first-order valence-corrected chi connectivity index (χ1v) is 8.98. The van der Waals surface area contributed by atoms with E-state index in [0.29, 0.717) is 16.2 Å². The van der Waals surface area contributed by atoms with Gasteiger partial charge in [-0.3, -0.25) is 4.72 Å². The van der Waals surface area contributed by atoms with Gasteiger partial charge in [-0.2, -0.15) is 0 Å². The summed E-state index contributed by atoms with van der Waals surface area (Å²) >= 11 is 1.37. The standard InChI is InChI=1S/C15H13FN2O3S2/c1-9-14(13-7-8-17-21-13)15(10(2)22-9)23(19,20)18-12-5-3-11(16)4-6-12/h3-8,18H,1-2H3. The smallest absolute Gasteiger partial charge is 0.263 e. The highest BCUT2D eigenvalue weighted by molar-refractivity contribution is 7.93. The number of hydrogen-bond acceptors (Lipinski definition) is 5. The molecule has 0 aliphatic heterocycles.